The van der Waals surface area contributed by atoms with Crippen LogP contribution in [0.2, 0.25) is 66.5 Å². The van der Waals surface area contributed by atoms with Crippen LogP contribution in [0.5, 0.6) is 0 Å². The van der Waals surface area contributed by atoms with E-state index in [9.17, 15) is 0 Å². The van der Waals surface area contributed by atoms with Crippen molar-refractivity contribution < 1.29 is 0 Å². The van der Waals surface area contributed by atoms with Crippen LogP contribution in [-0.2, 0) is 0 Å². The van der Waals surface area contributed by atoms with Gasteiger partial charge in [-0.25, -0.2) is 19.9 Å². The molecule has 338 valence electrons. The molecule has 2 heterocycles. The molecule has 0 amide bonds. The van der Waals surface area contributed by atoms with E-state index in [1.54, 1.807) is 0 Å². The molecule has 8 heteroatoms. The minimum atomic E-state index is -2.08. The molecule has 0 saturated carbocycles. The van der Waals surface area contributed by atoms with E-state index in [0.29, 0.717) is 89.3 Å². The summed E-state index contributed by atoms with van der Waals surface area (Å²) in [7, 11) is -8.31. The molecule has 62 heavy (non-hydrogen) atoms. The molecule has 0 spiro atoms. The second kappa shape index (κ2) is 20.9. The normalized spacial score (nSPS) is 13.1. The average Bonchev–Trinajstić information content (AvgIpc) is 3.13. The van der Waals surface area contributed by atoms with E-state index in [-0.39, 0.29) is 0 Å². The van der Waals surface area contributed by atoms with Crippen molar-refractivity contribution in [3.8, 4) is 45.9 Å². The topological polar surface area (TPSA) is 51.6 Å². The number of rotatable bonds is 12. The fourth-order valence-corrected chi connectivity index (χ4v) is 33.2. The molecule has 0 fully saturated rings. The van der Waals surface area contributed by atoms with E-state index in [4.69, 9.17) is 19.9 Å². The molecule has 0 N–H and O–H groups in total. The molecule has 0 aliphatic carbocycles. The second-order valence-electron chi connectivity index (χ2n) is 22.3. The molecule has 0 atom stereocenters. The van der Waals surface area contributed by atoms with Crippen molar-refractivity contribution >= 4 is 54.4 Å². The van der Waals surface area contributed by atoms with Crippen LogP contribution in [0.3, 0.4) is 0 Å². The van der Waals surface area contributed by atoms with Crippen LogP contribution in [0.15, 0.2) is 12.1 Å². The van der Waals surface area contributed by atoms with Crippen molar-refractivity contribution in [1.29, 1.82) is 0 Å². The first-order valence-electron chi connectivity index (χ1n) is 24.3. The summed E-state index contributed by atoms with van der Waals surface area (Å²) in [5.74, 6) is 14.8. The van der Waals surface area contributed by atoms with E-state index in [1.165, 1.54) is 0 Å². The van der Waals surface area contributed by atoms with Crippen molar-refractivity contribution in [2.75, 3.05) is 0 Å². The lowest BCUT2D eigenvalue weighted by molar-refractivity contribution is 0.838. The van der Waals surface area contributed by atoms with Gasteiger partial charge in [0.25, 0.3) is 0 Å². The molecule has 0 aliphatic heterocycles. The Balaban J connectivity index is 2.64. The Bertz CT molecular complexity index is 1890. The molecular weight excluding hydrogens is 817 g/mol. The Morgan fingerprint density at radius 1 is 0.258 bits per heavy atom. The van der Waals surface area contributed by atoms with Crippen LogP contribution in [0.4, 0.5) is 0 Å². The third-order valence-electron chi connectivity index (χ3n) is 15.5. The highest BCUT2D eigenvalue weighted by molar-refractivity contribution is 6.92. The molecule has 0 aliphatic rings. The SMILES string of the molecule is CC(C)[Si](C#Cc1nc2cc3nc(C#C[Si](C(C)C)(C(C)C)C(C)C)c(C#C[Si](C(C)C)(C(C)C)C(C)C)nc3cc2nc1C#C[Si](C(C)C)(C(C)C)C(C)C)(C(C)C)C(C)C. The van der Waals surface area contributed by atoms with Crippen LogP contribution in [0.25, 0.3) is 22.1 Å². The predicted molar refractivity (Wildman–Crippen MR) is 284 cm³/mol. The van der Waals surface area contributed by atoms with Crippen molar-refractivity contribution in [3.05, 3.63) is 34.9 Å². The fourth-order valence-electron chi connectivity index (χ4n) is 12.4. The summed E-state index contributed by atoms with van der Waals surface area (Å²) in [6.45, 7) is 56.6. The van der Waals surface area contributed by atoms with E-state index in [0.717, 1.165) is 22.1 Å². The lowest BCUT2D eigenvalue weighted by atomic mass is 10.2. The van der Waals surface area contributed by atoms with Gasteiger partial charge < -0.3 is 0 Å². The van der Waals surface area contributed by atoms with Crippen molar-refractivity contribution in [2.24, 2.45) is 0 Å². The van der Waals surface area contributed by atoms with Crippen LogP contribution < -0.4 is 0 Å². The minimum Gasteiger partial charge on any atom is -0.235 e. The summed E-state index contributed by atoms with van der Waals surface area (Å²) >= 11 is 0. The first-order chi connectivity index (χ1) is 28.6. The standard InChI is InChI=1S/C54H86N4Si4/c1-35(2)59(36(3)4,37(5)6)29-25-47-48(26-30-60(38(7)8,39(9)10)40(11)12)56-52-34-54-53(33-51(52)55-47)57-49(27-31-61(41(13)14,42(15)16)43(17)18)50(58-54)28-32-62(44(19)20,45(21)22)46(23)24/h33-46H,1-24H3. The number of aromatic nitrogens is 4. The lowest BCUT2D eigenvalue weighted by Gasteiger charge is -2.38. The second-order valence-corrected chi connectivity index (χ2v) is 44.6. The zero-order valence-electron chi connectivity index (χ0n) is 43.9. The van der Waals surface area contributed by atoms with Gasteiger partial charge in [-0.15, -0.1) is 22.2 Å². The van der Waals surface area contributed by atoms with E-state index in [1.807, 2.05) is 0 Å². The third-order valence-corrected chi connectivity index (χ3v) is 40.7. The van der Waals surface area contributed by atoms with Gasteiger partial charge in [0.2, 0.25) is 0 Å². The highest BCUT2D eigenvalue weighted by Crippen LogP contribution is 2.44. The zero-order chi connectivity index (χ0) is 47.4. The molecular formula is C54H86N4Si4. The van der Waals surface area contributed by atoms with Crippen LogP contribution in [0, 0.1) is 45.9 Å². The number of fused-ring (bicyclic) bond motifs is 2. The largest absolute Gasteiger partial charge is 0.235 e. The van der Waals surface area contributed by atoms with Crippen LogP contribution >= 0.6 is 0 Å². The predicted octanol–water partition coefficient (Wildman–Crippen LogP) is 15.9. The Morgan fingerprint density at radius 2 is 0.387 bits per heavy atom. The van der Waals surface area contributed by atoms with Gasteiger partial charge in [0.15, 0.2) is 0 Å². The summed E-state index contributed by atoms with van der Waals surface area (Å²) < 4.78 is 0. The van der Waals surface area contributed by atoms with Gasteiger partial charge in [-0.3, -0.25) is 0 Å². The minimum absolute atomic E-state index is 0.496. The molecule has 0 saturated heterocycles. The molecule has 1 aromatic carbocycles. The molecule has 3 rings (SSSR count). The summed E-state index contributed by atoms with van der Waals surface area (Å²) in [6, 6.07) is 4.10. The number of nitrogens with zero attached hydrogens (tertiary/aromatic N) is 4. The van der Waals surface area contributed by atoms with Crippen LogP contribution in [0.1, 0.15) is 189 Å². The lowest BCUT2D eigenvalue weighted by Crippen LogP contribution is -2.43. The molecule has 0 unspecified atom stereocenters. The monoisotopic (exact) mass is 903 g/mol. The van der Waals surface area contributed by atoms with Gasteiger partial charge in [-0.2, -0.15) is 0 Å². The highest BCUT2D eigenvalue weighted by Gasteiger charge is 2.45. The highest BCUT2D eigenvalue weighted by atomic mass is 28.3. The number of benzene rings is 1. The fraction of sp³-hybridized carbons (Fsp3) is 0.667. The quantitative estimate of drug-likeness (QED) is 0.103. The Labute approximate surface area is 385 Å². The summed E-state index contributed by atoms with van der Waals surface area (Å²) in [6.07, 6.45) is 0. The van der Waals surface area contributed by atoms with Gasteiger partial charge in [0.1, 0.15) is 55.1 Å². The third kappa shape index (κ3) is 10.1. The molecule has 3 aromatic rings. The Hall–Kier alpha value is -2.99. The summed E-state index contributed by atoms with van der Waals surface area (Å²) in [4.78, 5) is 21.4. The molecule has 4 nitrogen and oxygen atoms in total. The van der Waals surface area contributed by atoms with E-state index >= 15 is 0 Å². The maximum absolute atomic E-state index is 5.36. The van der Waals surface area contributed by atoms with Gasteiger partial charge in [-0.1, -0.05) is 190 Å². The summed E-state index contributed by atoms with van der Waals surface area (Å²) in [5.41, 5.74) is 27.5. The first-order valence-corrected chi connectivity index (χ1v) is 33.2. The number of hydrogen-bond donors (Lipinski definition) is 0. The van der Waals surface area contributed by atoms with Crippen LogP contribution in [-0.4, -0.2) is 52.2 Å². The molecule has 2 aromatic heterocycles. The van der Waals surface area contributed by atoms with Gasteiger partial charge in [-0.05, 0) is 78.6 Å². The van der Waals surface area contributed by atoms with E-state index in [2.05, 4.69) is 224 Å². The maximum Gasteiger partial charge on any atom is 0.147 e. The van der Waals surface area contributed by atoms with Crippen molar-refractivity contribution in [3.63, 3.8) is 0 Å². The van der Waals surface area contributed by atoms with E-state index < -0.39 is 32.3 Å². The summed E-state index contributed by atoms with van der Waals surface area (Å²) in [5, 5.41) is 0. The molecule has 0 radical (unpaired) electrons. The molecule has 0 bridgehead atoms. The smallest absolute Gasteiger partial charge is 0.147 e. The van der Waals surface area contributed by atoms with Crippen molar-refractivity contribution in [2.45, 2.75) is 233 Å². The van der Waals surface area contributed by atoms with Crippen molar-refractivity contribution in [1.82, 2.24) is 19.9 Å². The first kappa shape index (κ1) is 53.3. The average molecular weight is 904 g/mol. The Morgan fingerprint density at radius 3 is 0.500 bits per heavy atom. The van der Waals surface area contributed by atoms with Gasteiger partial charge in [0, 0.05) is 0 Å². The maximum atomic E-state index is 5.36. The Kier molecular flexibility index (Phi) is 18.0. The zero-order valence-corrected chi connectivity index (χ0v) is 47.9. The number of hydrogen-bond acceptors (Lipinski definition) is 4. The van der Waals surface area contributed by atoms with Gasteiger partial charge in [0.05, 0.1) is 22.1 Å². The van der Waals surface area contributed by atoms with Gasteiger partial charge >= 0.3 is 0 Å².